The van der Waals surface area contributed by atoms with Crippen molar-refractivity contribution in [2.24, 2.45) is 23.2 Å². The number of amides is 2. The number of hydrazine groups is 1. The zero-order valence-electron chi connectivity index (χ0n) is 18.6. The van der Waals surface area contributed by atoms with Gasteiger partial charge in [0.2, 0.25) is 15.9 Å². The van der Waals surface area contributed by atoms with Gasteiger partial charge >= 0.3 is 0 Å². The van der Waals surface area contributed by atoms with E-state index >= 15 is 0 Å². The highest BCUT2D eigenvalue weighted by Crippen LogP contribution is 2.61. The molecule has 0 atom stereocenters. The molecule has 0 unspecified atom stereocenters. The van der Waals surface area contributed by atoms with E-state index in [2.05, 4.69) is 10.9 Å². The molecular formula is C23H33N3O4S. The molecule has 0 aromatic heterocycles. The average molecular weight is 448 g/mol. The largest absolute Gasteiger partial charge is 0.273 e. The van der Waals surface area contributed by atoms with Gasteiger partial charge < -0.3 is 0 Å². The molecule has 0 radical (unpaired) electrons. The molecular weight excluding hydrogens is 414 g/mol. The molecule has 0 aliphatic heterocycles. The minimum Gasteiger partial charge on any atom is -0.273 e. The van der Waals surface area contributed by atoms with E-state index in [4.69, 9.17) is 0 Å². The topological polar surface area (TPSA) is 95.6 Å². The Kier molecular flexibility index (Phi) is 5.89. The first-order valence-electron chi connectivity index (χ1n) is 11.2. The van der Waals surface area contributed by atoms with Crippen LogP contribution in [0.15, 0.2) is 23.1 Å². The average Bonchev–Trinajstić information content (AvgIpc) is 2.67. The Labute approximate surface area is 185 Å². The maximum Gasteiger partial charge on any atom is 0.253 e. The molecule has 2 N–H and O–H groups in total. The van der Waals surface area contributed by atoms with Crippen molar-refractivity contribution >= 4 is 21.8 Å². The third-order valence-corrected chi connectivity index (χ3v) is 9.39. The quantitative estimate of drug-likeness (QED) is 0.656. The van der Waals surface area contributed by atoms with Gasteiger partial charge in [-0.15, -0.1) is 0 Å². The van der Waals surface area contributed by atoms with Crippen LogP contribution in [-0.4, -0.2) is 38.1 Å². The Morgan fingerprint density at radius 2 is 1.52 bits per heavy atom. The van der Waals surface area contributed by atoms with Gasteiger partial charge in [0.1, 0.15) is 0 Å². The van der Waals surface area contributed by atoms with Crippen LogP contribution >= 0.6 is 0 Å². The van der Waals surface area contributed by atoms with Gasteiger partial charge in [-0.05, 0) is 98.8 Å². The number of hydrogen-bond acceptors (Lipinski definition) is 4. The number of rotatable bonds is 6. The van der Waals surface area contributed by atoms with Crippen LogP contribution in [0, 0.1) is 37.0 Å². The van der Waals surface area contributed by atoms with Crippen molar-refractivity contribution in [2.45, 2.75) is 63.7 Å². The summed E-state index contributed by atoms with van der Waals surface area (Å²) in [5, 5.41) is 0. The van der Waals surface area contributed by atoms with Gasteiger partial charge in [0.15, 0.2) is 0 Å². The molecule has 8 heteroatoms. The fourth-order valence-electron chi connectivity index (χ4n) is 6.41. The number of benzene rings is 1. The molecule has 4 aliphatic rings. The molecule has 4 saturated carbocycles. The normalized spacial score (nSPS) is 29.2. The highest BCUT2D eigenvalue weighted by Gasteiger charge is 2.51. The maximum atomic E-state index is 12.7. The Morgan fingerprint density at radius 3 is 2.06 bits per heavy atom. The van der Waals surface area contributed by atoms with Crippen LogP contribution in [0.4, 0.5) is 0 Å². The second-order valence-electron chi connectivity index (χ2n) is 10.2. The Bertz CT molecular complexity index is 953. The summed E-state index contributed by atoms with van der Waals surface area (Å²) in [4.78, 5) is 25.0. The number of sulfonamides is 1. The van der Waals surface area contributed by atoms with Crippen LogP contribution in [0.25, 0.3) is 0 Å². The third kappa shape index (κ3) is 4.65. The lowest BCUT2D eigenvalue weighted by Crippen LogP contribution is -2.51. The molecule has 2 amide bonds. The number of aryl methyl sites for hydroxylation is 2. The van der Waals surface area contributed by atoms with Crippen molar-refractivity contribution in [3.8, 4) is 0 Å². The smallest absolute Gasteiger partial charge is 0.253 e. The fourth-order valence-corrected chi connectivity index (χ4v) is 7.62. The molecule has 170 valence electrons. The summed E-state index contributed by atoms with van der Waals surface area (Å²) < 4.78 is 26.5. The highest BCUT2D eigenvalue weighted by atomic mass is 32.2. The van der Waals surface area contributed by atoms with E-state index in [1.54, 1.807) is 18.2 Å². The van der Waals surface area contributed by atoms with Crippen molar-refractivity contribution in [1.82, 2.24) is 15.2 Å². The van der Waals surface area contributed by atoms with Gasteiger partial charge in [-0.2, -0.15) is 4.31 Å². The zero-order valence-corrected chi connectivity index (χ0v) is 19.4. The van der Waals surface area contributed by atoms with Gasteiger partial charge in [0, 0.05) is 13.5 Å². The minimum absolute atomic E-state index is 0.0903. The molecule has 31 heavy (non-hydrogen) atoms. The van der Waals surface area contributed by atoms with Crippen molar-refractivity contribution < 1.29 is 18.0 Å². The molecule has 4 bridgehead atoms. The summed E-state index contributed by atoms with van der Waals surface area (Å²) in [6, 6.07) is 4.90. The van der Waals surface area contributed by atoms with Gasteiger partial charge in [-0.25, -0.2) is 8.42 Å². The van der Waals surface area contributed by atoms with Crippen molar-refractivity contribution in [3.05, 3.63) is 29.3 Å². The number of nitrogens with zero attached hydrogens (tertiary/aromatic N) is 1. The molecule has 7 nitrogen and oxygen atoms in total. The summed E-state index contributed by atoms with van der Waals surface area (Å²) in [5.41, 5.74) is 6.87. The molecule has 0 spiro atoms. The summed E-state index contributed by atoms with van der Waals surface area (Å²) in [5.74, 6) is 1.54. The van der Waals surface area contributed by atoms with Crippen LogP contribution in [0.1, 0.15) is 56.1 Å². The van der Waals surface area contributed by atoms with Gasteiger partial charge in [0.05, 0.1) is 11.4 Å². The summed E-state index contributed by atoms with van der Waals surface area (Å²) in [6.45, 7) is 3.39. The maximum absolute atomic E-state index is 12.7. The van der Waals surface area contributed by atoms with Crippen molar-refractivity contribution in [1.29, 1.82) is 0 Å². The molecule has 0 heterocycles. The van der Waals surface area contributed by atoms with Gasteiger partial charge in [-0.3, -0.25) is 20.4 Å². The first-order valence-corrected chi connectivity index (χ1v) is 12.6. The Hall–Kier alpha value is -1.93. The number of likely N-dealkylation sites (N-methyl/N-ethyl adjacent to an activating group) is 1. The Balaban J connectivity index is 1.29. The number of carbonyl (C=O) groups is 2. The van der Waals surface area contributed by atoms with E-state index < -0.39 is 15.9 Å². The predicted octanol–water partition coefficient (Wildman–Crippen LogP) is 2.68. The number of nitrogens with one attached hydrogen (secondary N) is 2. The summed E-state index contributed by atoms with van der Waals surface area (Å²) >= 11 is 0. The van der Waals surface area contributed by atoms with Crippen LogP contribution in [0.5, 0.6) is 0 Å². The monoisotopic (exact) mass is 447 g/mol. The SMILES string of the molecule is Cc1ccc(S(=O)(=O)N(C)CC(=O)NNC(=O)CC23CC4CC(CC(C4)C2)C3)cc1C. The third-order valence-electron chi connectivity index (χ3n) is 7.59. The first kappa shape index (κ1) is 22.3. The van der Waals surface area contributed by atoms with Crippen molar-refractivity contribution in [2.75, 3.05) is 13.6 Å². The van der Waals surface area contributed by atoms with E-state index in [-0.39, 0.29) is 22.8 Å². The first-order chi connectivity index (χ1) is 14.6. The van der Waals surface area contributed by atoms with Gasteiger partial charge in [-0.1, -0.05) is 6.07 Å². The summed E-state index contributed by atoms with van der Waals surface area (Å²) in [6.07, 6.45) is 7.76. The lowest BCUT2D eigenvalue weighted by Gasteiger charge is -2.56. The highest BCUT2D eigenvalue weighted by molar-refractivity contribution is 7.89. The van der Waals surface area contributed by atoms with Crippen molar-refractivity contribution in [3.63, 3.8) is 0 Å². The molecule has 0 saturated heterocycles. The zero-order chi connectivity index (χ0) is 22.4. The predicted molar refractivity (Wildman–Crippen MR) is 117 cm³/mol. The molecule has 4 aliphatic carbocycles. The molecule has 1 aromatic rings. The standard InChI is InChI=1S/C23H33N3O4S/c1-15-4-5-20(6-16(15)2)31(29,30)26(3)14-22(28)25-24-21(27)13-23-10-17-7-18(11-23)9-19(8-17)12-23/h4-6,17-19H,7-14H2,1-3H3,(H,24,27)(H,25,28). The fraction of sp³-hybridized carbons (Fsp3) is 0.652. The van der Waals surface area contributed by atoms with E-state index in [1.165, 1.54) is 26.3 Å². The lowest BCUT2D eigenvalue weighted by molar-refractivity contribution is -0.134. The Morgan fingerprint density at radius 1 is 0.968 bits per heavy atom. The number of hydrogen-bond donors (Lipinski definition) is 2. The minimum atomic E-state index is -3.79. The van der Waals surface area contributed by atoms with Crippen LogP contribution in [0.2, 0.25) is 0 Å². The summed E-state index contributed by atoms with van der Waals surface area (Å²) in [7, 11) is -2.43. The second-order valence-corrected chi connectivity index (χ2v) is 12.2. The van der Waals surface area contributed by atoms with E-state index in [1.807, 2.05) is 13.8 Å². The second kappa shape index (κ2) is 8.20. The van der Waals surface area contributed by atoms with E-state index in [0.717, 1.165) is 52.4 Å². The van der Waals surface area contributed by atoms with E-state index in [0.29, 0.717) is 6.42 Å². The van der Waals surface area contributed by atoms with Crippen LogP contribution < -0.4 is 10.9 Å². The van der Waals surface area contributed by atoms with Crippen LogP contribution in [0.3, 0.4) is 0 Å². The molecule has 5 rings (SSSR count). The van der Waals surface area contributed by atoms with Crippen LogP contribution in [-0.2, 0) is 19.6 Å². The van der Waals surface area contributed by atoms with E-state index in [9.17, 15) is 18.0 Å². The lowest BCUT2D eigenvalue weighted by atomic mass is 9.49. The number of carbonyl (C=O) groups excluding carboxylic acids is 2. The molecule has 1 aromatic carbocycles. The van der Waals surface area contributed by atoms with Gasteiger partial charge in [0.25, 0.3) is 5.91 Å². The molecule has 4 fully saturated rings.